The summed E-state index contributed by atoms with van der Waals surface area (Å²) >= 11 is 0. The number of hydrogen-bond donors (Lipinski definition) is 0. The van der Waals surface area contributed by atoms with Gasteiger partial charge in [0, 0.05) is 17.8 Å². The fourth-order valence-corrected chi connectivity index (χ4v) is 1.95. The van der Waals surface area contributed by atoms with Crippen LogP contribution in [0.1, 0.15) is 34.1 Å². The lowest BCUT2D eigenvalue weighted by molar-refractivity contribution is 0.624. The molecular weight excluding hydrogens is 325 g/mol. The molecule has 0 atom stereocenters. The molecule has 2 heterocycles. The van der Waals surface area contributed by atoms with Gasteiger partial charge in [0.1, 0.15) is 5.82 Å². The van der Waals surface area contributed by atoms with Crippen LogP contribution in [0.25, 0.3) is 21.9 Å². The zero-order valence-corrected chi connectivity index (χ0v) is 15.9. The molecular formula is C22H26FN3. The normalized spacial score (nSPS) is 9.12. The lowest BCUT2D eigenvalue weighted by Crippen LogP contribution is -1.79. The zero-order valence-electron chi connectivity index (χ0n) is 15.9. The van der Waals surface area contributed by atoms with Crippen LogP contribution in [0, 0.1) is 5.82 Å². The molecule has 0 bridgehead atoms. The van der Waals surface area contributed by atoms with E-state index in [0.717, 1.165) is 21.9 Å². The number of benzene rings is 2. The maximum absolute atomic E-state index is 12.6. The first-order valence-electron chi connectivity index (χ1n) is 8.90. The van der Waals surface area contributed by atoms with Crippen molar-refractivity contribution in [2.45, 2.75) is 34.1 Å². The van der Waals surface area contributed by atoms with Crippen molar-refractivity contribution in [3.05, 3.63) is 79.0 Å². The van der Waals surface area contributed by atoms with Crippen molar-refractivity contribution in [1.29, 1.82) is 0 Å². The molecule has 0 saturated carbocycles. The molecule has 0 amide bonds. The van der Waals surface area contributed by atoms with Crippen molar-refractivity contribution in [2.24, 2.45) is 0 Å². The molecule has 0 unspecified atom stereocenters. The molecule has 0 N–H and O–H groups in total. The summed E-state index contributed by atoms with van der Waals surface area (Å²) < 4.78 is 12.6. The Morgan fingerprint density at radius 1 is 0.731 bits per heavy atom. The topological polar surface area (TPSA) is 38.7 Å². The van der Waals surface area contributed by atoms with Gasteiger partial charge in [-0.1, -0.05) is 64.4 Å². The molecule has 3 nitrogen and oxygen atoms in total. The van der Waals surface area contributed by atoms with Crippen molar-refractivity contribution in [2.75, 3.05) is 0 Å². The Hall–Kier alpha value is -2.88. The smallest absolute Gasteiger partial charge is 0.142 e. The zero-order chi connectivity index (χ0) is 19.2. The predicted molar refractivity (Wildman–Crippen MR) is 109 cm³/mol. The highest BCUT2D eigenvalue weighted by Crippen LogP contribution is 2.10. The van der Waals surface area contributed by atoms with Gasteiger partial charge in [-0.05, 0) is 24.3 Å². The van der Waals surface area contributed by atoms with Gasteiger partial charge >= 0.3 is 0 Å². The van der Waals surface area contributed by atoms with Gasteiger partial charge < -0.3 is 0 Å². The second-order valence-corrected chi connectivity index (χ2v) is 5.10. The minimum atomic E-state index is -0.288. The summed E-state index contributed by atoms with van der Waals surface area (Å²) in [5.74, 6) is -0.288. The fraction of sp³-hybridized carbons (Fsp3) is 0.227. The van der Waals surface area contributed by atoms with Crippen LogP contribution in [0.2, 0.25) is 0 Å². The molecule has 0 aliphatic carbocycles. The van der Waals surface area contributed by atoms with Gasteiger partial charge in [0.2, 0.25) is 0 Å². The van der Waals surface area contributed by atoms with Crippen LogP contribution in [-0.2, 0) is 0 Å². The van der Waals surface area contributed by atoms with Gasteiger partial charge in [-0.25, -0.2) is 4.39 Å². The van der Waals surface area contributed by atoms with Crippen molar-refractivity contribution in [3.8, 4) is 0 Å². The Kier molecular flexibility index (Phi) is 10.2. The number of fused-ring (bicyclic) bond motifs is 2. The molecule has 4 rings (SSSR count). The molecule has 136 valence electrons. The highest BCUT2D eigenvalue weighted by atomic mass is 19.1. The number of hydrogen-bond acceptors (Lipinski definition) is 3. The summed E-state index contributed by atoms with van der Waals surface area (Å²) in [6.07, 6.45) is 5.87. The molecule has 0 fully saturated rings. The molecule has 0 saturated heterocycles. The summed E-state index contributed by atoms with van der Waals surface area (Å²) in [6.45, 7) is 8.25. The van der Waals surface area contributed by atoms with E-state index in [0.29, 0.717) is 0 Å². The highest BCUT2D eigenvalue weighted by molar-refractivity contribution is 5.77. The second kappa shape index (κ2) is 12.5. The third-order valence-electron chi connectivity index (χ3n) is 2.93. The Morgan fingerprint density at radius 3 is 1.73 bits per heavy atom. The monoisotopic (exact) mass is 351 g/mol. The van der Waals surface area contributed by atoms with E-state index in [2.05, 4.69) is 28.8 Å². The maximum atomic E-state index is 12.6. The Balaban J connectivity index is 0.000000210. The van der Waals surface area contributed by atoms with Gasteiger partial charge in [-0.15, -0.1) is 0 Å². The van der Waals surface area contributed by atoms with Crippen molar-refractivity contribution in [3.63, 3.8) is 0 Å². The quantitative estimate of drug-likeness (QED) is 0.365. The van der Waals surface area contributed by atoms with E-state index in [1.807, 2.05) is 62.4 Å². The molecule has 4 heteroatoms. The van der Waals surface area contributed by atoms with Crippen LogP contribution in [0.5, 0.6) is 0 Å². The van der Waals surface area contributed by atoms with Gasteiger partial charge in [0.05, 0.1) is 22.7 Å². The predicted octanol–water partition coefficient (Wildman–Crippen LogP) is 6.45. The molecule has 26 heavy (non-hydrogen) atoms. The minimum Gasteiger partial charge on any atom is -0.253 e. The van der Waals surface area contributed by atoms with Crippen LogP contribution in [-0.4, -0.2) is 15.0 Å². The van der Waals surface area contributed by atoms with E-state index in [1.54, 1.807) is 12.4 Å². The van der Waals surface area contributed by atoms with E-state index in [9.17, 15) is 4.39 Å². The summed E-state index contributed by atoms with van der Waals surface area (Å²) in [5, 5.41) is 0.840. The number of rotatable bonds is 0. The highest BCUT2D eigenvalue weighted by Gasteiger charge is 1.93. The first-order valence-corrected chi connectivity index (χ1v) is 8.90. The summed E-state index contributed by atoms with van der Waals surface area (Å²) in [7, 11) is 0. The average Bonchev–Trinajstić information content (AvgIpc) is 2.71. The Labute approximate surface area is 155 Å². The molecule has 4 aromatic rings. The minimum absolute atomic E-state index is 0.288. The largest absolute Gasteiger partial charge is 0.253 e. The van der Waals surface area contributed by atoms with Gasteiger partial charge in [0.25, 0.3) is 0 Å². The van der Waals surface area contributed by atoms with Crippen LogP contribution >= 0.6 is 0 Å². The third kappa shape index (κ3) is 6.93. The van der Waals surface area contributed by atoms with E-state index in [1.165, 1.54) is 18.7 Å². The molecule has 0 radical (unpaired) electrons. The standard InChI is InChI=1S/C9H6FN.C8H6N2.C3H8.C2H6/c10-8-5-7-3-1-2-4-9(7)11-6-8;1-2-4-8-7(3-1)9-5-6-10-8;1-3-2;1-2/h1-6H;1-6H;3H2,1-2H3;1-2H3. The first kappa shape index (κ1) is 21.2. The van der Waals surface area contributed by atoms with Gasteiger partial charge in [-0.3, -0.25) is 15.0 Å². The molecule has 0 aliphatic heterocycles. The van der Waals surface area contributed by atoms with Crippen molar-refractivity contribution in [1.82, 2.24) is 15.0 Å². The Morgan fingerprint density at radius 2 is 1.19 bits per heavy atom. The average molecular weight is 351 g/mol. The number of para-hydroxylation sites is 3. The Bertz CT molecular complexity index is 828. The van der Waals surface area contributed by atoms with E-state index >= 15 is 0 Å². The number of pyridine rings is 1. The van der Waals surface area contributed by atoms with E-state index < -0.39 is 0 Å². The van der Waals surface area contributed by atoms with Crippen LogP contribution in [0.15, 0.2) is 73.2 Å². The van der Waals surface area contributed by atoms with E-state index in [4.69, 9.17) is 0 Å². The van der Waals surface area contributed by atoms with E-state index in [-0.39, 0.29) is 5.82 Å². The third-order valence-corrected chi connectivity index (χ3v) is 2.93. The summed E-state index contributed by atoms with van der Waals surface area (Å²) in [6, 6.07) is 16.7. The maximum Gasteiger partial charge on any atom is 0.142 e. The number of aromatic nitrogens is 3. The van der Waals surface area contributed by atoms with Crippen molar-refractivity contribution < 1.29 is 4.39 Å². The molecule has 0 aliphatic rings. The molecule has 0 spiro atoms. The molecule has 2 aromatic carbocycles. The van der Waals surface area contributed by atoms with Gasteiger partial charge in [0.15, 0.2) is 0 Å². The van der Waals surface area contributed by atoms with Gasteiger partial charge in [-0.2, -0.15) is 0 Å². The number of nitrogens with zero attached hydrogens (tertiary/aromatic N) is 3. The lowest BCUT2D eigenvalue weighted by Gasteiger charge is -1.93. The second-order valence-electron chi connectivity index (χ2n) is 5.10. The molecule has 2 aromatic heterocycles. The SMILES string of the molecule is CC.CCC.Fc1cnc2ccccc2c1.c1ccc2nccnc2c1. The first-order chi connectivity index (χ1) is 12.7. The van der Waals surface area contributed by atoms with Crippen molar-refractivity contribution >= 4 is 21.9 Å². The van der Waals surface area contributed by atoms with Crippen LogP contribution in [0.4, 0.5) is 4.39 Å². The van der Waals surface area contributed by atoms with Crippen LogP contribution in [0.3, 0.4) is 0 Å². The lowest BCUT2D eigenvalue weighted by atomic mass is 10.2. The summed E-state index contributed by atoms with van der Waals surface area (Å²) in [5.41, 5.74) is 2.73. The fourth-order valence-electron chi connectivity index (χ4n) is 1.95. The number of halogens is 1. The summed E-state index contributed by atoms with van der Waals surface area (Å²) in [4.78, 5) is 12.1. The van der Waals surface area contributed by atoms with Crippen LogP contribution < -0.4 is 0 Å².